The number of carbonyl (C=O) groups is 1. The first kappa shape index (κ1) is 14.4. The normalized spacial score (nSPS) is 10.8. The van der Waals surface area contributed by atoms with Gasteiger partial charge in [-0.3, -0.25) is 4.79 Å². The van der Waals surface area contributed by atoms with Crippen molar-refractivity contribution in [3.8, 4) is 5.75 Å². The quantitative estimate of drug-likeness (QED) is 0.524. The van der Waals surface area contributed by atoms with Crippen LogP contribution in [0.4, 0.5) is 0 Å². The molecule has 0 spiro atoms. The molecule has 0 heterocycles. The van der Waals surface area contributed by atoms with E-state index in [0.717, 1.165) is 11.8 Å². The van der Waals surface area contributed by atoms with Crippen LogP contribution < -0.4 is 4.74 Å². The first-order valence-electron chi connectivity index (χ1n) is 5.67. The van der Waals surface area contributed by atoms with Crippen molar-refractivity contribution in [3.63, 3.8) is 0 Å². The van der Waals surface area contributed by atoms with E-state index in [1.807, 2.05) is 18.2 Å². The van der Waals surface area contributed by atoms with Crippen LogP contribution in [0.5, 0.6) is 5.75 Å². The third-order valence-corrected chi connectivity index (χ3v) is 2.22. The van der Waals surface area contributed by atoms with Gasteiger partial charge in [-0.15, -0.1) is 0 Å². The number of methoxy groups -OCH3 is 2. The Morgan fingerprint density at radius 1 is 1.06 bits per heavy atom. The van der Waals surface area contributed by atoms with Crippen LogP contribution in [0.2, 0.25) is 0 Å². The van der Waals surface area contributed by atoms with Gasteiger partial charge in [0.1, 0.15) is 18.6 Å². The van der Waals surface area contributed by atoms with Gasteiger partial charge < -0.3 is 14.2 Å². The van der Waals surface area contributed by atoms with Gasteiger partial charge >= 0.3 is 0 Å². The summed E-state index contributed by atoms with van der Waals surface area (Å²) in [5.74, 6) is 0.661. The molecular formula is C14H18O4. The lowest BCUT2D eigenvalue weighted by molar-refractivity contribution is 0.112. The minimum atomic E-state index is 0.458. The van der Waals surface area contributed by atoms with Crippen molar-refractivity contribution in [3.05, 3.63) is 35.4 Å². The molecule has 0 saturated carbocycles. The molecule has 98 valence electrons. The zero-order chi connectivity index (χ0) is 13.2. The van der Waals surface area contributed by atoms with Gasteiger partial charge in [-0.2, -0.15) is 0 Å². The second-order valence-corrected chi connectivity index (χ2v) is 3.65. The van der Waals surface area contributed by atoms with Crippen molar-refractivity contribution in [2.24, 2.45) is 0 Å². The molecule has 0 N–H and O–H groups in total. The molecule has 0 unspecified atom stereocenters. The largest absolute Gasteiger partial charge is 0.491 e. The molecule has 18 heavy (non-hydrogen) atoms. The summed E-state index contributed by atoms with van der Waals surface area (Å²) in [6, 6.07) is 5.37. The summed E-state index contributed by atoms with van der Waals surface area (Å²) in [4.78, 5) is 10.8. The van der Waals surface area contributed by atoms with Crippen molar-refractivity contribution < 1.29 is 19.0 Å². The van der Waals surface area contributed by atoms with Crippen molar-refractivity contribution in [1.82, 2.24) is 0 Å². The van der Waals surface area contributed by atoms with Crippen LogP contribution in [0.1, 0.15) is 15.9 Å². The first-order valence-corrected chi connectivity index (χ1v) is 5.67. The molecule has 0 aromatic heterocycles. The molecule has 0 aliphatic carbocycles. The van der Waals surface area contributed by atoms with Crippen LogP contribution in [0.15, 0.2) is 24.3 Å². The van der Waals surface area contributed by atoms with Crippen LogP contribution in [0, 0.1) is 0 Å². The molecule has 1 aromatic rings. The monoisotopic (exact) mass is 250 g/mol. The molecule has 0 aliphatic rings. The molecule has 0 bridgehead atoms. The van der Waals surface area contributed by atoms with E-state index in [1.165, 1.54) is 0 Å². The zero-order valence-electron chi connectivity index (χ0n) is 10.7. The van der Waals surface area contributed by atoms with Crippen LogP contribution in [0.25, 0.3) is 6.08 Å². The van der Waals surface area contributed by atoms with Gasteiger partial charge in [0.2, 0.25) is 0 Å². The van der Waals surface area contributed by atoms with Gasteiger partial charge in [-0.05, 0) is 23.8 Å². The molecule has 1 aromatic carbocycles. The number of carbonyl (C=O) groups excluding carboxylic acids is 1. The Morgan fingerprint density at radius 2 is 1.83 bits per heavy atom. The highest BCUT2D eigenvalue weighted by Crippen LogP contribution is 2.17. The Kier molecular flexibility index (Phi) is 6.76. The second kappa shape index (κ2) is 8.44. The molecule has 1 rings (SSSR count). The molecule has 0 saturated heterocycles. The lowest BCUT2D eigenvalue weighted by Crippen LogP contribution is -2.04. The highest BCUT2D eigenvalue weighted by Gasteiger charge is 2.00. The van der Waals surface area contributed by atoms with Gasteiger partial charge in [0.15, 0.2) is 0 Å². The topological polar surface area (TPSA) is 44.8 Å². The predicted octanol–water partition coefficient (Wildman–Crippen LogP) is 2.18. The lowest BCUT2D eigenvalue weighted by atomic mass is 10.1. The number of hydrogen-bond donors (Lipinski definition) is 0. The molecule has 0 aliphatic heterocycles. The first-order chi connectivity index (χ1) is 8.80. The fourth-order valence-electron chi connectivity index (χ4n) is 1.42. The third kappa shape index (κ3) is 5.12. The Labute approximate surface area is 107 Å². The van der Waals surface area contributed by atoms with E-state index in [-0.39, 0.29) is 0 Å². The summed E-state index contributed by atoms with van der Waals surface area (Å²) >= 11 is 0. The second-order valence-electron chi connectivity index (χ2n) is 3.65. The summed E-state index contributed by atoms with van der Waals surface area (Å²) in [6.07, 6.45) is 4.57. The number of benzene rings is 1. The fraction of sp³-hybridized carbons (Fsp3) is 0.357. The van der Waals surface area contributed by atoms with E-state index in [2.05, 4.69) is 0 Å². The maximum Gasteiger partial charge on any atom is 0.150 e. The van der Waals surface area contributed by atoms with Crippen molar-refractivity contribution in [1.29, 1.82) is 0 Å². The highest BCUT2D eigenvalue weighted by atomic mass is 16.5. The minimum absolute atomic E-state index is 0.458. The third-order valence-electron chi connectivity index (χ3n) is 2.22. The van der Waals surface area contributed by atoms with E-state index in [1.54, 1.807) is 26.4 Å². The molecular weight excluding hydrogens is 232 g/mol. The molecule has 0 radical (unpaired) electrons. The van der Waals surface area contributed by atoms with E-state index < -0.39 is 0 Å². The van der Waals surface area contributed by atoms with Gasteiger partial charge in [0.25, 0.3) is 0 Å². The van der Waals surface area contributed by atoms with E-state index >= 15 is 0 Å². The lowest BCUT2D eigenvalue weighted by Gasteiger charge is -2.07. The number of ether oxygens (including phenoxy) is 3. The Balaban J connectivity index is 2.77. The molecule has 0 fully saturated rings. The van der Waals surface area contributed by atoms with E-state index in [0.29, 0.717) is 31.1 Å². The maximum atomic E-state index is 10.8. The van der Waals surface area contributed by atoms with Crippen LogP contribution >= 0.6 is 0 Å². The van der Waals surface area contributed by atoms with E-state index in [9.17, 15) is 4.79 Å². The van der Waals surface area contributed by atoms with Crippen molar-refractivity contribution >= 4 is 12.4 Å². The van der Waals surface area contributed by atoms with Gasteiger partial charge in [0, 0.05) is 19.8 Å². The predicted molar refractivity (Wildman–Crippen MR) is 70.1 cm³/mol. The maximum absolute atomic E-state index is 10.8. The fourth-order valence-corrected chi connectivity index (χ4v) is 1.42. The molecule has 4 heteroatoms. The summed E-state index contributed by atoms with van der Waals surface area (Å²) in [5.41, 5.74) is 1.49. The van der Waals surface area contributed by atoms with Gasteiger partial charge in [-0.25, -0.2) is 0 Å². The van der Waals surface area contributed by atoms with E-state index in [4.69, 9.17) is 14.2 Å². The van der Waals surface area contributed by atoms with Crippen LogP contribution in [-0.2, 0) is 9.47 Å². The number of hydrogen-bond acceptors (Lipinski definition) is 4. The average molecular weight is 250 g/mol. The average Bonchev–Trinajstić information content (AvgIpc) is 2.39. The molecule has 4 nitrogen and oxygen atoms in total. The van der Waals surface area contributed by atoms with Gasteiger partial charge in [-0.1, -0.05) is 12.2 Å². The summed E-state index contributed by atoms with van der Waals surface area (Å²) in [5, 5.41) is 0. The Hall–Kier alpha value is -1.65. The number of rotatable bonds is 8. The SMILES string of the molecule is COC/C=C/c1cc(C=O)cc(OCCOC)c1. The summed E-state index contributed by atoms with van der Waals surface area (Å²) < 4.78 is 15.3. The molecule has 0 amide bonds. The number of aldehydes is 1. The molecule has 0 atom stereocenters. The van der Waals surface area contributed by atoms with Crippen LogP contribution in [0.3, 0.4) is 0 Å². The smallest absolute Gasteiger partial charge is 0.150 e. The Morgan fingerprint density at radius 3 is 2.50 bits per heavy atom. The standard InChI is InChI=1S/C14H18O4/c1-16-5-3-4-12-8-13(11-15)10-14(9-12)18-7-6-17-2/h3-4,8-11H,5-7H2,1-2H3/b4-3+. The summed E-state index contributed by atoms with van der Waals surface area (Å²) in [6.45, 7) is 1.51. The highest BCUT2D eigenvalue weighted by molar-refractivity contribution is 5.77. The zero-order valence-corrected chi connectivity index (χ0v) is 10.7. The van der Waals surface area contributed by atoms with Gasteiger partial charge in [0.05, 0.1) is 13.2 Å². The van der Waals surface area contributed by atoms with Crippen molar-refractivity contribution in [2.75, 3.05) is 34.0 Å². The van der Waals surface area contributed by atoms with Crippen molar-refractivity contribution in [2.45, 2.75) is 0 Å². The summed E-state index contributed by atoms with van der Waals surface area (Å²) in [7, 11) is 3.25. The minimum Gasteiger partial charge on any atom is -0.491 e. The Bertz CT molecular complexity index is 399. The van der Waals surface area contributed by atoms with Crippen LogP contribution in [-0.4, -0.2) is 40.3 Å².